The molecule has 3 nitrogen and oxygen atoms in total. The fourth-order valence-corrected chi connectivity index (χ4v) is 0.522. The van der Waals surface area contributed by atoms with Gasteiger partial charge in [-0.2, -0.15) is 0 Å². The van der Waals surface area contributed by atoms with Crippen LogP contribution in [-0.4, -0.2) is 17.9 Å². The Labute approximate surface area is 61.0 Å². The third kappa shape index (κ3) is 4.26. The Morgan fingerprint density at radius 3 is 2.60 bits per heavy atom. The summed E-state index contributed by atoms with van der Waals surface area (Å²) in [7, 11) is 0. The summed E-state index contributed by atoms with van der Waals surface area (Å²) in [5, 5.41) is 8.65. The molecule has 0 saturated heterocycles. The first-order chi connectivity index (χ1) is 4.70. The number of aliphatic hydroxyl groups is 1. The van der Waals surface area contributed by atoms with Gasteiger partial charge in [0.1, 0.15) is 6.23 Å². The van der Waals surface area contributed by atoms with Crippen molar-refractivity contribution in [2.45, 2.75) is 12.6 Å². The number of aliphatic hydroxyl groups excluding tert-OH is 1. The second kappa shape index (κ2) is 5.17. The fourth-order valence-electron chi connectivity index (χ4n) is 0.522. The molecule has 1 atom stereocenters. The van der Waals surface area contributed by atoms with Crippen molar-refractivity contribution in [2.75, 3.05) is 6.54 Å². The van der Waals surface area contributed by atoms with Gasteiger partial charge in [-0.3, -0.25) is 0 Å². The van der Waals surface area contributed by atoms with Crippen molar-refractivity contribution >= 4 is 0 Å². The highest BCUT2D eigenvalue weighted by atomic mass is 16.3. The van der Waals surface area contributed by atoms with E-state index < -0.39 is 6.23 Å². The lowest BCUT2D eigenvalue weighted by Crippen LogP contribution is -2.17. The van der Waals surface area contributed by atoms with E-state index in [9.17, 15) is 0 Å². The Hall–Kier alpha value is -0.640. The Morgan fingerprint density at radius 1 is 1.70 bits per heavy atom. The monoisotopic (exact) mass is 142 g/mol. The van der Waals surface area contributed by atoms with Crippen LogP contribution in [0.1, 0.15) is 6.42 Å². The second-order valence-electron chi connectivity index (χ2n) is 1.99. The van der Waals surface area contributed by atoms with E-state index in [4.69, 9.17) is 16.6 Å². The Kier molecular flexibility index (Phi) is 4.84. The number of nitrogens with two attached hydrogens (primary N) is 2. The molecule has 0 aliphatic rings. The smallest absolute Gasteiger partial charge is 0.105 e. The first-order valence-electron chi connectivity index (χ1n) is 3.16. The fraction of sp³-hybridized carbons (Fsp3) is 0.429. The van der Waals surface area contributed by atoms with Crippen LogP contribution in [-0.2, 0) is 0 Å². The van der Waals surface area contributed by atoms with E-state index in [-0.39, 0.29) is 0 Å². The van der Waals surface area contributed by atoms with Crippen LogP contribution < -0.4 is 11.5 Å². The molecule has 0 spiro atoms. The Balaban J connectivity index is 3.74. The summed E-state index contributed by atoms with van der Waals surface area (Å²) in [5.74, 6) is 0. The second-order valence-corrected chi connectivity index (χ2v) is 1.99. The molecule has 0 aliphatic heterocycles. The van der Waals surface area contributed by atoms with Crippen molar-refractivity contribution in [1.29, 1.82) is 0 Å². The van der Waals surface area contributed by atoms with Crippen molar-refractivity contribution in [3.05, 3.63) is 24.3 Å². The molecule has 0 bridgehead atoms. The maximum atomic E-state index is 8.65. The van der Waals surface area contributed by atoms with Gasteiger partial charge in [0.15, 0.2) is 0 Å². The van der Waals surface area contributed by atoms with Crippen molar-refractivity contribution in [3.8, 4) is 0 Å². The van der Waals surface area contributed by atoms with Gasteiger partial charge in [0.05, 0.1) is 0 Å². The molecule has 0 aromatic carbocycles. The third-order valence-electron chi connectivity index (χ3n) is 1.12. The molecule has 0 rings (SSSR count). The molecule has 0 aliphatic carbocycles. The van der Waals surface area contributed by atoms with Crippen LogP contribution in [0.3, 0.4) is 0 Å². The third-order valence-corrected chi connectivity index (χ3v) is 1.12. The Bertz CT molecular complexity index is 130. The number of hydrogen-bond acceptors (Lipinski definition) is 3. The zero-order valence-electron chi connectivity index (χ0n) is 5.96. The van der Waals surface area contributed by atoms with E-state index in [0.717, 1.165) is 5.57 Å². The molecule has 0 amide bonds. The number of hydrogen-bond donors (Lipinski definition) is 3. The van der Waals surface area contributed by atoms with Crippen molar-refractivity contribution in [3.63, 3.8) is 0 Å². The molecule has 0 radical (unpaired) electrons. The maximum absolute atomic E-state index is 8.65. The summed E-state index contributed by atoms with van der Waals surface area (Å²) in [4.78, 5) is 0. The lowest BCUT2D eigenvalue weighted by molar-refractivity contribution is 0.186. The molecule has 0 fully saturated rings. The lowest BCUT2D eigenvalue weighted by atomic mass is 10.2. The first kappa shape index (κ1) is 9.36. The molecule has 0 saturated carbocycles. The van der Waals surface area contributed by atoms with Gasteiger partial charge in [0, 0.05) is 13.0 Å². The molecule has 58 valence electrons. The topological polar surface area (TPSA) is 72.3 Å². The average molecular weight is 142 g/mol. The van der Waals surface area contributed by atoms with Crippen LogP contribution in [0.4, 0.5) is 0 Å². The quantitative estimate of drug-likeness (QED) is 0.373. The molecule has 5 N–H and O–H groups in total. The van der Waals surface area contributed by atoms with Crippen molar-refractivity contribution in [2.24, 2.45) is 11.5 Å². The Morgan fingerprint density at radius 2 is 2.30 bits per heavy atom. The SMILES string of the molecule is C=C/C(=C\CC(N)O)CN. The number of rotatable bonds is 4. The molecular weight excluding hydrogens is 128 g/mol. The standard InChI is InChI=1S/C7H14N2O/c1-2-6(5-8)3-4-7(9)10/h2-3,7,10H,1,4-5,8-9H2/b6-3+. The van der Waals surface area contributed by atoms with Gasteiger partial charge in [-0.25, -0.2) is 0 Å². The van der Waals surface area contributed by atoms with Crippen LogP contribution in [0.2, 0.25) is 0 Å². The van der Waals surface area contributed by atoms with Gasteiger partial charge < -0.3 is 16.6 Å². The minimum atomic E-state index is -0.790. The normalized spacial score (nSPS) is 14.9. The van der Waals surface area contributed by atoms with Gasteiger partial charge in [0.25, 0.3) is 0 Å². The van der Waals surface area contributed by atoms with Crippen molar-refractivity contribution in [1.82, 2.24) is 0 Å². The highest BCUT2D eigenvalue weighted by molar-refractivity contribution is 5.17. The molecule has 10 heavy (non-hydrogen) atoms. The summed E-state index contributed by atoms with van der Waals surface area (Å²) in [6, 6.07) is 0. The van der Waals surface area contributed by atoms with Gasteiger partial charge in [-0.1, -0.05) is 18.7 Å². The summed E-state index contributed by atoms with van der Waals surface area (Å²) >= 11 is 0. The average Bonchev–Trinajstić information content (AvgIpc) is 1.90. The van der Waals surface area contributed by atoms with Gasteiger partial charge in [0.2, 0.25) is 0 Å². The van der Waals surface area contributed by atoms with Gasteiger partial charge in [-0.15, -0.1) is 0 Å². The summed E-state index contributed by atoms with van der Waals surface area (Å²) in [6.45, 7) is 3.98. The summed E-state index contributed by atoms with van der Waals surface area (Å²) < 4.78 is 0. The van der Waals surface area contributed by atoms with Crippen LogP contribution in [0, 0.1) is 0 Å². The van der Waals surface area contributed by atoms with E-state index in [0.29, 0.717) is 13.0 Å². The highest BCUT2D eigenvalue weighted by Crippen LogP contribution is 1.95. The van der Waals surface area contributed by atoms with E-state index in [1.807, 2.05) is 0 Å². The maximum Gasteiger partial charge on any atom is 0.105 e. The molecule has 1 unspecified atom stereocenters. The lowest BCUT2D eigenvalue weighted by Gasteiger charge is -1.99. The summed E-state index contributed by atoms with van der Waals surface area (Å²) in [6.07, 6.45) is 3.07. The van der Waals surface area contributed by atoms with Crippen LogP contribution >= 0.6 is 0 Å². The predicted molar refractivity (Wildman–Crippen MR) is 42.1 cm³/mol. The molecular formula is C7H14N2O. The minimum Gasteiger partial charge on any atom is -0.379 e. The van der Waals surface area contributed by atoms with Crippen LogP contribution in [0.5, 0.6) is 0 Å². The van der Waals surface area contributed by atoms with Crippen LogP contribution in [0.15, 0.2) is 24.3 Å². The van der Waals surface area contributed by atoms with E-state index in [2.05, 4.69) is 6.58 Å². The minimum absolute atomic E-state index is 0.429. The van der Waals surface area contributed by atoms with Gasteiger partial charge >= 0.3 is 0 Å². The van der Waals surface area contributed by atoms with Crippen LogP contribution in [0.25, 0.3) is 0 Å². The summed E-state index contributed by atoms with van der Waals surface area (Å²) in [5.41, 5.74) is 11.3. The van der Waals surface area contributed by atoms with E-state index >= 15 is 0 Å². The molecule has 0 aromatic rings. The molecule has 3 heteroatoms. The van der Waals surface area contributed by atoms with E-state index in [1.165, 1.54) is 0 Å². The first-order valence-corrected chi connectivity index (χ1v) is 3.16. The highest BCUT2D eigenvalue weighted by Gasteiger charge is 1.91. The van der Waals surface area contributed by atoms with Crippen molar-refractivity contribution < 1.29 is 5.11 Å². The zero-order valence-corrected chi connectivity index (χ0v) is 5.96. The molecule has 0 heterocycles. The zero-order chi connectivity index (χ0) is 7.98. The van der Waals surface area contributed by atoms with Gasteiger partial charge in [-0.05, 0) is 5.57 Å². The largest absolute Gasteiger partial charge is 0.379 e. The molecule has 0 aromatic heterocycles. The van der Waals surface area contributed by atoms with E-state index in [1.54, 1.807) is 12.2 Å². The predicted octanol–water partition coefficient (Wildman–Crippen LogP) is -0.275.